The molecule has 19 heavy (non-hydrogen) atoms. The highest BCUT2D eigenvalue weighted by atomic mass is 31.2. The van der Waals surface area contributed by atoms with Crippen molar-refractivity contribution in [3.05, 3.63) is 24.4 Å². The van der Waals surface area contributed by atoms with Gasteiger partial charge in [0.15, 0.2) is 0 Å². The average molecular weight is 282 g/mol. The van der Waals surface area contributed by atoms with Crippen LogP contribution in [0.2, 0.25) is 0 Å². The maximum absolute atomic E-state index is 13.2. The Balaban J connectivity index is 2.71. The summed E-state index contributed by atoms with van der Waals surface area (Å²) in [6.07, 6.45) is 1.78. The lowest BCUT2D eigenvalue weighted by Crippen LogP contribution is -2.28. The Kier molecular flexibility index (Phi) is 3.69. The maximum atomic E-state index is 13.2. The molecule has 104 valence electrons. The summed E-state index contributed by atoms with van der Waals surface area (Å²) in [5.74, 6) is 0. The van der Waals surface area contributed by atoms with Gasteiger partial charge in [-0.3, -0.25) is 15.3 Å². The second-order valence-electron chi connectivity index (χ2n) is 4.78. The number of rotatable bonds is 4. The Morgan fingerprint density at radius 3 is 2.37 bits per heavy atom. The molecule has 7 heteroatoms. The monoisotopic (exact) mass is 282 g/mol. The Morgan fingerprint density at radius 2 is 1.84 bits per heavy atom. The van der Waals surface area contributed by atoms with Gasteiger partial charge in [0.05, 0.1) is 5.69 Å². The van der Waals surface area contributed by atoms with Crippen LogP contribution < -0.4 is 10.8 Å². The second kappa shape index (κ2) is 4.98. The van der Waals surface area contributed by atoms with Crippen molar-refractivity contribution in [3.63, 3.8) is 0 Å². The highest BCUT2D eigenvalue weighted by Crippen LogP contribution is 2.49. The first-order chi connectivity index (χ1) is 8.91. The zero-order valence-electron chi connectivity index (χ0n) is 11.5. The van der Waals surface area contributed by atoms with E-state index >= 15 is 0 Å². The summed E-state index contributed by atoms with van der Waals surface area (Å²) in [7, 11) is 4.29. The molecule has 0 atom stereocenters. The molecule has 0 saturated carbocycles. The predicted molar refractivity (Wildman–Crippen MR) is 78.3 cm³/mol. The summed E-state index contributed by atoms with van der Waals surface area (Å²) in [6.45, 7) is 0. The molecule has 2 rings (SSSR count). The summed E-state index contributed by atoms with van der Waals surface area (Å²) >= 11 is 0. The predicted octanol–water partition coefficient (Wildman–Crippen LogP) is 1.91. The van der Waals surface area contributed by atoms with Crippen LogP contribution in [-0.2, 0) is 4.57 Å². The number of aromatic nitrogens is 1. The number of hydrogen-bond donors (Lipinski definition) is 3. The molecule has 3 N–H and O–H groups in total. The van der Waals surface area contributed by atoms with Crippen molar-refractivity contribution in [2.24, 2.45) is 0 Å². The van der Waals surface area contributed by atoms with Crippen molar-refractivity contribution in [2.75, 3.05) is 33.7 Å². The van der Waals surface area contributed by atoms with E-state index in [0.29, 0.717) is 11.0 Å². The SMILES string of the molecule is CN(C)P(=O)(c1cc(NO)c2cc[nH]c2c1)N(C)C. The van der Waals surface area contributed by atoms with Crippen molar-refractivity contribution in [2.45, 2.75) is 0 Å². The first-order valence-corrected chi connectivity index (χ1v) is 7.50. The van der Waals surface area contributed by atoms with Crippen LogP contribution in [0.3, 0.4) is 0 Å². The highest BCUT2D eigenvalue weighted by Gasteiger charge is 2.31. The lowest BCUT2D eigenvalue weighted by molar-refractivity contribution is 0.390. The topological polar surface area (TPSA) is 71.6 Å². The molecule has 0 aliphatic rings. The molecule has 0 unspecified atom stereocenters. The van der Waals surface area contributed by atoms with Gasteiger partial charge < -0.3 is 4.98 Å². The molecular formula is C12H19N4O2P. The number of fused-ring (bicyclic) bond motifs is 1. The lowest BCUT2D eigenvalue weighted by atomic mass is 10.2. The van der Waals surface area contributed by atoms with Gasteiger partial charge >= 0.3 is 0 Å². The van der Waals surface area contributed by atoms with Crippen molar-refractivity contribution >= 4 is 29.3 Å². The van der Waals surface area contributed by atoms with Crippen LogP contribution in [0, 0.1) is 0 Å². The number of nitrogens with one attached hydrogen (secondary N) is 2. The minimum atomic E-state index is -2.84. The smallest absolute Gasteiger partial charge is 0.244 e. The van der Waals surface area contributed by atoms with Gasteiger partial charge in [-0.05, 0) is 46.4 Å². The summed E-state index contributed by atoms with van der Waals surface area (Å²) < 4.78 is 16.6. The summed E-state index contributed by atoms with van der Waals surface area (Å²) in [4.78, 5) is 3.08. The number of H-pyrrole nitrogens is 1. The number of benzene rings is 1. The van der Waals surface area contributed by atoms with Gasteiger partial charge in [-0.25, -0.2) is 9.34 Å². The van der Waals surface area contributed by atoms with Crippen LogP contribution in [0.4, 0.5) is 5.69 Å². The van der Waals surface area contributed by atoms with Crippen LogP contribution >= 0.6 is 7.44 Å². The molecule has 0 amide bonds. The van der Waals surface area contributed by atoms with Gasteiger partial charge in [0.1, 0.15) is 0 Å². The Morgan fingerprint density at radius 1 is 1.21 bits per heavy atom. The number of nitrogens with zero attached hydrogens (tertiary/aromatic N) is 2. The number of hydrogen-bond acceptors (Lipinski definition) is 3. The van der Waals surface area contributed by atoms with Gasteiger partial charge in [0.25, 0.3) is 0 Å². The first-order valence-electron chi connectivity index (χ1n) is 5.88. The van der Waals surface area contributed by atoms with Crippen molar-refractivity contribution in [1.82, 2.24) is 14.3 Å². The zero-order chi connectivity index (χ0) is 14.2. The molecule has 0 bridgehead atoms. The summed E-state index contributed by atoms with van der Waals surface area (Å²) in [5, 5.41) is 10.8. The normalized spacial score (nSPS) is 12.6. The third-order valence-electron chi connectivity index (χ3n) is 3.19. The molecule has 0 fully saturated rings. The van der Waals surface area contributed by atoms with Gasteiger partial charge in [-0.1, -0.05) is 0 Å². The Bertz CT molecular complexity index is 624. The van der Waals surface area contributed by atoms with E-state index in [1.807, 2.05) is 12.1 Å². The standard InChI is InChI=1S/C12H19N4O2P/c1-15(2)19(18,16(3)4)9-7-11-10(5-6-13-11)12(8-9)14-17/h5-8,13-14,17H,1-4H3. The van der Waals surface area contributed by atoms with Crippen LogP contribution in [0.15, 0.2) is 24.4 Å². The first kappa shape index (κ1) is 14.1. The third kappa shape index (κ3) is 2.17. The molecule has 0 spiro atoms. The largest absolute Gasteiger partial charge is 0.361 e. The average Bonchev–Trinajstić information content (AvgIpc) is 2.83. The van der Waals surface area contributed by atoms with Crippen molar-refractivity contribution < 1.29 is 9.77 Å². The maximum Gasteiger partial charge on any atom is 0.244 e. The lowest BCUT2D eigenvalue weighted by Gasteiger charge is -2.31. The van der Waals surface area contributed by atoms with Gasteiger partial charge in [0, 0.05) is 22.4 Å². The van der Waals surface area contributed by atoms with E-state index in [4.69, 9.17) is 0 Å². The van der Waals surface area contributed by atoms with Crippen LogP contribution in [0.25, 0.3) is 10.9 Å². The van der Waals surface area contributed by atoms with Crippen LogP contribution in [0.5, 0.6) is 0 Å². The summed E-state index contributed by atoms with van der Waals surface area (Å²) in [5.41, 5.74) is 3.54. The van der Waals surface area contributed by atoms with E-state index < -0.39 is 7.44 Å². The van der Waals surface area contributed by atoms with Crippen molar-refractivity contribution in [1.29, 1.82) is 0 Å². The highest BCUT2D eigenvalue weighted by molar-refractivity contribution is 7.67. The van der Waals surface area contributed by atoms with Gasteiger partial charge in [0.2, 0.25) is 7.44 Å². The van der Waals surface area contributed by atoms with Gasteiger partial charge in [-0.2, -0.15) is 0 Å². The van der Waals surface area contributed by atoms with E-state index in [2.05, 4.69) is 10.5 Å². The number of aromatic amines is 1. The Hall–Kier alpha value is -1.33. The molecule has 0 saturated heterocycles. The van der Waals surface area contributed by atoms with Crippen LogP contribution in [-0.4, -0.2) is 47.7 Å². The fourth-order valence-electron chi connectivity index (χ4n) is 2.23. The molecule has 6 nitrogen and oxygen atoms in total. The van der Waals surface area contributed by atoms with Gasteiger partial charge in [-0.15, -0.1) is 0 Å². The minimum absolute atomic E-state index is 0.540. The van der Waals surface area contributed by atoms with Crippen LogP contribution in [0.1, 0.15) is 0 Å². The zero-order valence-corrected chi connectivity index (χ0v) is 12.4. The minimum Gasteiger partial charge on any atom is -0.361 e. The van der Waals surface area contributed by atoms with E-state index in [1.165, 1.54) is 0 Å². The van der Waals surface area contributed by atoms with E-state index in [9.17, 15) is 9.77 Å². The molecular weight excluding hydrogens is 263 g/mol. The molecule has 1 aromatic heterocycles. The molecule has 1 heterocycles. The number of anilines is 1. The molecule has 0 radical (unpaired) electrons. The fraction of sp³-hybridized carbons (Fsp3) is 0.333. The van der Waals surface area contributed by atoms with Crippen molar-refractivity contribution in [3.8, 4) is 0 Å². The van der Waals surface area contributed by atoms with E-state index in [0.717, 1.165) is 10.9 Å². The summed E-state index contributed by atoms with van der Waals surface area (Å²) in [6, 6.07) is 5.43. The fourth-order valence-corrected chi connectivity index (χ4v) is 4.47. The second-order valence-corrected chi connectivity index (χ2v) is 7.99. The Labute approximate surface area is 112 Å². The molecule has 2 aromatic rings. The quantitative estimate of drug-likeness (QED) is 0.590. The van der Waals surface area contributed by atoms with E-state index in [1.54, 1.807) is 49.8 Å². The third-order valence-corrected chi connectivity index (χ3v) is 6.29. The molecule has 1 aromatic carbocycles. The van der Waals surface area contributed by atoms with E-state index in [-0.39, 0.29) is 0 Å². The molecule has 0 aliphatic carbocycles. The molecule has 0 aliphatic heterocycles.